The van der Waals surface area contributed by atoms with Crippen LogP contribution in [-0.4, -0.2) is 34.2 Å². The third-order valence-corrected chi connectivity index (χ3v) is 3.69. The standard InChI is InChI=1S/C13H17BrN2O/c14-6-5-11-3-2-8-16(10-11)13(17)12-4-1-7-15-9-12/h1,4,7,9,11H,2-3,5-6,8,10H2. The number of amides is 1. The molecular formula is C13H17BrN2O. The first-order valence-corrected chi connectivity index (χ1v) is 7.18. The molecule has 17 heavy (non-hydrogen) atoms. The summed E-state index contributed by atoms with van der Waals surface area (Å²) in [5.74, 6) is 0.765. The highest BCUT2D eigenvalue weighted by molar-refractivity contribution is 9.09. The SMILES string of the molecule is O=C(c1cccnc1)N1CCCC(CCBr)C1. The van der Waals surface area contributed by atoms with Gasteiger partial charge in [-0.1, -0.05) is 15.9 Å². The molecule has 1 atom stereocenters. The maximum atomic E-state index is 12.2. The lowest BCUT2D eigenvalue weighted by Crippen LogP contribution is -2.40. The van der Waals surface area contributed by atoms with Crippen LogP contribution in [0, 0.1) is 5.92 Å². The second-order valence-corrected chi connectivity index (χ2v) is 5.27. The lowest BCUT2D eigenvalue weighted by molar-refractivity contribution is 0.0671. The lowest BCUT2D eigenvalue weighted by Gasteiger charge is -2.32. The fourth-order valence-corrected chi connectivity index (χ4v) is 2.96. The molecule has 1 fully saturated rings. The number of likely N-dealkylation sites (tertiary alicyclic amines) is 1. The average molecular weight is 297 g/mol. The zero-order valence-corrected chi connectivity index (χ0v) is 11.4. The molecule has 1 aliphatic heterocycles. The van der Waals surface area contributed by atoms with E-state index in [9.17, 15) is 4.79 Å². The van der Waals surface area contributed by atoms with E-state index in [0.29, 0.717) is 11.5 Å². The number of piperidine rings is 1. The summed E-state index contributed by atoms with van der Waals surface area (Å²) in [5, 5.41) is 1.02. The van der Waals surface area contributed by atoms with Crippen molar-refractivity contribution >= 4 is 21.8 Å². The van der Waals surface area contributed by atoms with Gasteiger partial charge >= 0.3 is 0 Å². The summed E-state index contributed by atoms with van der Waals surface area (Å²) in [6.45, 7) is 1.77. The molecule has 1 aromatic rings. The predicted octanol–water partition coefficient (Wildman–Crippen LogP) is 2.72. The molecule has 0 saturated carbocycles. The van der Waals surface area contributed by atoms with E-state index in [4.69, 9.17) is 0 Å². The largest absolute Gasteiger partial charge is 0.338 e. The average Bonchev–Trinajstić information content (AvgIpc) is 2.40. The molecule has 0 aliphatic carbocycles. The van der Waals surface area contributed by atoms with E-state index < -0.39 is 0 Å². The number of halogens is 1. The summed E-state index contributed by atoms with van der Waals surface area (Å²) < 4.78 is 0. The number of nitrogens with zero attached hydrogens (tertiary/aromatic N) is 2. The normalized spacial score (nSPS) is 20.3. The molecule has 0 spiro atoms. The van der Waals surface area contributed by atoms with Crippen molar-refractivity contribution in [2.75, 3.05) is 18.4 Å². The lowest BCUT2D eigenvalue weighted by atomic mass is 9.95. The molecule has 92 valence electrons. The van der Waals surface area contributed by atoms with Crippen LogP contribution >= 0.6 is 15.9 Å². The molecule has 1 unspecified atom stereocenters. The van der Waals surface area contributed by atoms with Gasteiger partial charge in [0.15, 0.2) is 0 Å². The maximum Gasteiger partial charge on any atom is 0.255 e. The van der Waals surface area contributed by atoms with E-state index in [1.807, 2.05) is 17.0 Å². The van der Waals surface area contributed by atoms with Gasteiger partial charge < -0.3 is 4.90 Å². The molecule has 3 nitrogen and oxygen atoms in total. The summed E-state index contributed by atoms with van der Waals surface area (Å²) in [6.07, 6.45) is 6.85. The third-order valence-electron chi connectivity index (χ3n) is 3.23. The van der Waals surface area contributed by atoms with Crippen LogP contribution in [0.4, 0.5) is 0 Å². The van der Waals surface area contributed by atoms with Gasteiger partial charge in [-0.25, -0.2) is 0 Å². The van der Waals surface area contributed by atoms with Crippen molar-refractivity contribution in [3.05, 3.63) is 30.1 Å². The van der Waals surface area contributed by atoms with Crippen molar-refractivity contribution in [3.8, 4) is 0 Å². The van der Waals surface area contributed by atoms with E-state index in [1.54, 1.807) is 12.4 Å². The van der Waals surface area contributed by atoms with Crippen LogP contribution in [-0.2, 0) is 0 Å². The fraction of sp³-hybridized carbons (Fsp3) is 0.538. The topological polar surface area (TPSA) is 33.2 Å². The summed E-state index contributed by atoms with van der Waals surface area (Å²) in [7, 11) is 0. The van der Waals surface area contributed by atoms with Gasteiger partial charge in [-0.15, -0.1) is 0 Å². The highest BCUT2D eigenvalue weighted by Gasteiger charge is 2.23. The Morgan fingerprint density at radius 2 is 2.47 bits per heavy atom. The summed E-state index contributed by atoms with van der Waals surface area (Å²) >= 11 is 3.47. The highest BCUT2D eigenvalue weighted by Crippen LogP contribution is 2.21. The minimum Gasteiger partial charge on any atom is -0.338 e. The molecule has 4 heteroatoms. The van der Waals surface area contributed by atoms with E-state index >= 15 is 0 Å². The second kappa shape index (κ2) is 6.15. The van der Waals surface area contributed by atoms with Gasteiger partial charge in [0.2, 0.25) is 0 Å². The number of alkyl halides is 1. The van der Waals surface area contributed by atoms with E-state index in [0.717, 1.165) is 31.3 Å². The summed E-state index contributed by atoms with van der Waals surface area (Å²) in [4.78, 5) is 18.2. The molecule has 1 amide bonds. The van der Waals surface area contributed by atoms with Gasteiger partial charge in [0.25, 0.3) is 5.91 Å². The van der Waals surface area contributed by atoms with Crippen molar-refractivity contribution in [2.24, 2.45) is 5.92 Å². The highest BCUT2D eigenvalue weighted by atomic mass is 79.9. The smallest absolute Gasteiger partial charge is 0.255 e. The Hall–Kier alpha value is -0.900. The molecule has 2 heterocycles. The van der Waals surface area contributed by atoms with Gasteiger partial charge in [-0.2, -0.15) is 0 Å². The van der Waals surface area contributed by atoms with Gasteiger partial charge in [0.05, 0.1) is 5.56 Å². The molecule has 1 aromatic heterocycles. The number of hydrogen-bond acceptors (Lipinski definition) is 2. The Balaban J connectivity index is 2.00. The Bertz CT molecular complexity index is 367. The van der Waals surface area contributed by atoms with Crippen LogP contribution in [0.1, 0.15) is 29.6 Å². The molecule has 0 N–H and O–H groups in total. The minimum absolute atomic E-state index is 0.123. The van der Waals surface area contributed by atoms with E-state index in [1.165, 1.54) is 6.42 Å². The molecule has 0 bridgehead atoms. The van der Waals surface area contributed by atoms with Crippen LogP contribution in [0.5, 0.6) is 0 Å². The first-order chi connectivity index (χ1) is 8.31. The van der Waals surface area contributed by atoms with Crippen LogP contribution < -0.4 is 0 Å². The van der Waals surface area contributed by atoms with Crippen LogP contribution in [0.15, 0.2) is 24.5 Å². The van der Waals surface area contributed by atoms with Crippen molar-refractivity contribution in [1.29, 1.82) is 0 Å². The molecule has 1 aliphatic rings. The molecule has 2 rings (SSSR count). The van der Waals surface area contributed by atoms with Crippen LogP contribution in [0.2, 0.25) is 0 Å². The summed E-state index contributed by atoms with van der Waals surface area (Å²) in [5.41, 5.74) is 0.701. The predicted molar refractivity (Wildman–Crippen MR) is 71.3 cm³/mol. The van der Waals surface area contributed by atoms with E-state index in [-0.39, 0.29) is 5.91 Å². The zero-order valence-electron chi connectivity index (χ0n) is 9.81. The number of hydrogen-bond donors (Lipinski definition) is 0. The maximum absolute atomic E-state index is 12.2. The Morgan fingerprint density at radius 3 is 3.18 bits per heavy atom. The minimum atomic E-state index is 0.123. The van der Waals surface area contributed by atoms with Gasteiger partial charge in [-0.05, 0) is 37.3 Å². The van der Waals surface area contributed by atoms with Crippen molar-refractivity contribution in [2.45, 2.75) is 19.3 Å². The Labute approximate surface area is 110 Å². The first kappa shape index (κ1) is 12.6. The first-order valence-electron chi connectivity index (χ1n) is 6.06. The summed E-state index contributed by atoms with van der Waals surface area (Å²) in [6, 6.07) is 3.65. The molecule has 0 radical (unpaired) electrons. The molecule has 1 saturated heterocycles. The number of pyridine rings is 1. The fourth-order valence-electron chi connectivity index (χ4n) is 2.31. The van der Waals surface area contributed by atoms with Crippen molar-refractivity contribution in [3.63, 3.8) is 0 Å². The molecule has 0 aromatic carbocycles. The number of carbonyl (C=O) groups excluding carboxylic acids is 1. The Morgan fingerprint density at radius 1 is 1.59 bits per heavy atom. The quantitative estimate of drug-likeness (QED) is 0.804. The van der Waals surface area contributed by atoms with Crippen LogP contribution in [0.3, 0.4) is 0 Å². The molecular weight excluding hydrogens is 280 g/mol. The monoisotopic (exact) mass is 296 g/mol. The van der Waals surface area contributed by atoms with Crippen LogP contribution in [0.25, 0.3) is 0 Å². The van der Waals surface area contributed by atoms with Gasteiger partial charge in [0, 0.05) is 30.8 Å². The number of carbonyl (C=O) groups is 1. The number of rotatable bonds is 3. The Kier molecular flexibility index (Phi) is 4.54. The van der Waals surface area contributed by atoms with E-state index in [2.05, 4.69) is 20.9 Å². The van der Waals surface area contributed by atoms with Crippen molar-refractivity contribution < 1.29 is 4.79 Å². The third kappa shape index (κ3) is 3.28. The number of aromatic nitrogens is 1. The van der Waals surface area contributed by atoms with Gasteiger partial charge in [-0.3, -0.25) is 9.78 Å². The second-order valence-electron chi connectivity index (χ2n) is 4.48. The van der Waals surface area contributed by atoms with Crippen molar-refractivity contribution in [1.82, 2.24) is 9.88 Å². The zero-order chi connectivity index (χ0) is 12.1. The van der Waals surface area contributed by atoms with Gasteiger partial charge in [0.1, 0.15) is 0 Å².